The molecule has 2 aromatic heterocycles. The second-order valence-electron chi connectivity index (χ2n) is 5.85. The van der Waals surface area contributed by atoms with Gasteiger partial charge in [-0.3, -0.25) is 4.79 Å². The average Bonchev–Trinajstić information content (AvgIpc) is 3.31. The molecule has 3 heterocycles. The number of furan rings is 1. The molecule has 0 aliphatic carbocycles. The van der Waals surface area contributed by atoms with Crippen molar-refractivity contribution in [2.45, 2.75) is 18.9 Å². The van der Waals surface area contributed by atoms with E-state index in [0.717, 1.165) is 6.07 Å². The second kappa shape index (κ2) is 6.12. The minimum absolute atomic E-state index is 0.0737. The molecule has 1 aliphatic heterocycles. The summed E-state index contributed by atoms with van der Waals surface area (Å²) in [5.74, 6) is -0.604. The van der Waals surface area contributed by atoms with Gasteiger partial charge in [-0.05, 0) is 18.2 Å². The monoisotopic (exact) mass is 345 g/mol. The largest absolute Gasteiger partial charge is 0.459 e. The first-order chi connectivity index (χ1) is 12.1. The lowest BCUT2D eigenvalue weighted by Gasteiger charge is -2.16. The van der Waals surface area contributed by atoms with E-state index in [1.54, 1.807) is 12.1 Å². The van der Waals surface area contributed by atoms with E-state index >= 15 is 0 Å². The van der Waals surface area contributed by atoms with Gasteiger partial charge in [0.25, 0.3) is 5.89 Å². The van der Waals surface area contributed by atoms with E-state index < -0.39 is 11.6 Å². The minimum atomic E-state index is -0.670. The van der Waals surface area contributed by atoms with Crippen molar-refractivity contribution in [3.05, 3.63) is 59.6 Å². The van der Waals surface area contributed by atoms with Crippen molar-refractivity contribution in [3.63, 3.8) is 0 Å². The number of amides is 1. The zero-order valence-electron chi connectivity index (χ0n) is 13.0. The highest BCUT2D eigenvalue weighted by Crippen LogP contribution is 2.29. The summed E-state index contributed by atoms with van der Waals surface area (Å²) in [6, 6.07) is 6.72. The first-order valence-corrected chi connectivity index (χ1v) is 7.69. The quantitative estimate of drug-likeness (QED) is 0.726. The van der Waals surface area contributed by atoms with Crippen LogP contribution in [0.5, 0.6) is 0 Å². The first kappa shape index (κ1) is 15.5. The summed E-state index contributed by atoms with van der Waals surface area (Å²) in [5, 5.41) is 3.91. The maximum Gasteiger partial charge on any atom is 0.293 e. The summed E-state index contributed by atoms with van der Waals surface area (Å²) in [6.45, 7) is 0.414. The summed E-state index contributed by atoms with van der Waals surface area (Å²) in [7, 11) is 0. The van der Waals surface area contributed by atoms with Crippen molar-refractivity contribution in [1.82, 2.24) is 15.0 Å². The summed E-state index contributed by atoms with van der Waals surface area (Å²) in [6.07, 6.45) is 1.71. The number of carbonyl (C=O) groups is 1. The highest BCUT2D eigenvalue weighted by atomic mass is 19.1. The van der Waals surface area contributed by atoms with Crippen molar-refractivity contribution < 1.29 is 22.5 Å². The Bertz CT molecular complexity index is 908. The van der Waals surface area contributed by atoms with Gasteiger partial charge in [0.15, 0.2) is 11.6 Å². The molecule has 1 amide bonds. The number of aromatic nitrogens is 2. The molecule has 0 N–H and O–H groups in total. The molecule has 25 heavy (non-hydrogen) atoms. The fourth-order valence-electron chi connectivity index (χ4n) is 2.85. The van der Waals surface area contributed by atoms with Crippen LogP contribution in [0.1, 0.15) is 23.7 Å². The topological polar surface area (TPSA) is 72.4 Å². The average molecular weight is 345 g/mol. The zero-order valence-corrected chi connectivity index (χ0v) is 13.0. The molecule has 0 radical (unpaired) electrons. The van der Waals surface area contributed by atoms with Crippen molar-refractivity contribution >= 4 is 5.91 Å². The highest BCUT2D eigenvalue weighted by molar-refractivity contribution is 5.79. The Kier molecular flexibility index (Phi) is 3.79. The van der Waals surface area contributed by atoms with Crippen molar-refractivity contribution in [2.75, 3.05) is 6.54 Å². The van der Waals surface area contributed by atoms with Crippen molar-refractivity contribution in [1.29, 1.82) is 0 Å². The standard InChI is InChI=1S/C17H13F2N3O3/c18-12-4-3-10(13(19)7-12)8-22-9-11(6-15(22)23)16-20-17(25-21-16)14-2-1-5-24-14/h1-5,7,11H,6,8-9H2. The van der Waals surface area contributed by atoms with E-state index in [1.165, 1.54) is 23.3 Å². The van der Waals surface area contributed by atoms with Crippen molar-refractivity contribution in [3.8, 4) is 11.7 Å². The summed E-state index contributed by atoms with van der Waals surface area (Å²) < 4.78 is 37.1. The normalized spacial score (nSPS) is 17.4. The lowest BCUT2D eigenvalue weighted by Crippen LogP contribution is -2.25. The Morgan fingerprint density at radius 1 is 1.28 bits per heavy atom. The Morgan fingerprint density at radius 2 is 2.16 bits per heavy atom. The van der Waals surface area contributed by atoms with Crippen molar-refractivity contribution in [2.24, 2.45) is 0 Å². The highest BCUT2D eigenvalue weighted by Gasteiger charge is 2.34. The van der Waals surface area contributed by atoms with Crippen LogP contribution < -0.4 is 0 Å². The Morgan fingerprint density at radius 3 is 2.92 bits per heavy atom. The lowest BCUT2D eigenvalue weighted by molar-refractivity contribution is -0.128. The van der Waals surface area contributed by atoms with Crippen LogP contribution in [0.2, 0.25) is 0 Å². The number of hydrogen-bond acceptors (Lipinski definition) is 5. The van der Waals surface area contributed by atoms with Gasteiger partial charge < -0.3 is 13.8 Å². The van der Waals surface area contributed by atoms with E-state index in [4.69, 9.17) is 8.94 Å². The molecule has 6 nitrogen and oxygen atoms in total. The van der Waals surface area contributed by atoms with Gasteiger partial charge in [-0.2, -0.15) is 4.98 Å². The molecule has 1 atom stereocenters. The van der Waals surface area contributed by atoms with E-state index in [-0.39, 0.29) is 36.2 Å². The molecule has 1 aliphatic rings. The number of rotatable bonds is 4. The predicted molar refractivity (Wildman–Crippen MR) is 81.1 cm³/mol. The van der Waals surface area contributed by atoms with Gasteiger partial charge in [-0.1, -0.05) is 11.2 Å². The molecule has 128 valence electrons. The van der Waals surface area contributed by atoms with Gasteiger partial charge >= 0.3 is 0 Å². The van der Waals surface area contributed by atoms with Crippen LogP contribution in [0.3, 0.4) is 0 Å². The Hall–Kier alpha value is -3.03. The van der Waals surface area contributed by atoms with Gasteiger partial charge in [0, 0.05) is 37.1 Å². The van der Waals surface area contributed by atoms with Crippen LogP contribution in [-0.4, -0.2) is 27.5 Å². The fraction of sp³-hybridized carbons (Fsp3) is 0.235. The molecular formula is C17H13F2N3O3. The van der Waals surface area contributed by atoms with Gasteiger partial charge in [0.05, 0.1) is 6.26 Å². The number of nitrogens with zero attached hydrogens (tertiary/aromatic N) is 3. The molecule has 1 fully saturated rings. The van der Waals surface area contributed by atoms with Crippen LogP contribution in [0.15, 0.2) is 45.5 Å². The number of likely N-dealkylation sites (tertiary alicyclic amines) is 1. The van der Waals surface area contributed by atoms with E-state index in [0.29, 0.717) is 18.1 Å². The van der Waals surface area contributed by atoms with E-state index in [9.17, 15) is 13.6 Å². The third-order valence-electron chi connectivity index (χ3n) is 4.13. The summed E-state index contributed by atoms with van der Waals surface area (Å²) >= 11 is 0. The summed E-state index contributed by atoms with van der Waals surface area (Å²) in [4.78, 5) is 18.0. The van der Waals surface area contributed by atoms with Crippen LogP contribution in [0.25, 0.3) is 11.7 Å². The van der Waals surface area contributed by atoms with Crippen LogP contribution in [0.4, 0.5) is 8.78 Å². The van der Waals surface area contributed by atoms with Gasteiger partial charge in [0.1, 0.15) is 11.6 Å². The molecule has 0 spiro atoms. The number of carbonyl (C=O) groups excluding carboxylic acids is 1. The molecule has 3 aromatic rings. The number of halogens is 2. The lowest BCUT2D eigenvalue weighted by atomic mass is 10.1. The molecule has 1 saturated heterocycles. The molecular weight excluding hydrogens is 332 g/mol. The van der Waals surface area contributed by atoms with E-state index in [2.05, 4.69) is 10.1 Å². The summed E-state index contributed by atoms with van der Waals surface area (Å²) in [5.41, 5.74) is 0.264. The van der Waals surface area contributed by atoms with Crippen LogP contribution in [0, 0.1) is 11.6 Å². The maximum atomic E-state index is 13.8. The smallest absolute Gasteiger partial charge is 0.293 e. The van der Waals surface area contributed by atoms with Gasteiger partial charge in [-0.15, -0.1) is 0 Å². The minimum Gasteiger partial charge on any atom is -0.459 e. The number of hydrogen-bond donors (Lipinski definition) is 0. The second-order valence-corrected chi connectivity index (χ2v) is 5.85. The van der Waals surface area contributed by atoms with Crippen LogP contribution >= 0.6 is 0 Å². The van der Waals surface area contributed by atoms with Gasteiger partial charge in [0.2, 0.25) is 5.91 Å². The van der Waals surface area contributed by atoms with Crippen LogP contribution in [-0.2, 0) is 11.3 Å². The third-order valence-corrected chi connectivity index (χ3v) is 4.13. The predicted octanol–water partition coefficient (Wildman–Crippen LogP) is 3.12. The Balaban J connectivity index is 1.48. The molecule has 0 bridgehead atoms. The number of benzene rings is 1. The maximum absolute atomic E-state index is 13.8. The molecule has 1 unspecified atom stereocenters. The molecule has 1 aromatic carbocycles. The zero-order chi connectivity index (χ0) is 17.4. The van der Waals surface area contributed by atoms with E-state index in [1.807, 2.05) is 0 Å². The molecule has 0 saturated carbocycles. The first-order valence-electron chi connectivity index (χ1n) is 7.69. The molecule has 8 heteroatoms. The SMILES string of the molecule is O=C1CC(c2noc(-c3ccco3)n2)CN1Cc1ccc(F)cc1F. The third kappa shape index (κ3) is 3.02. The van der Waals surface area contributed by atoms with Gasteiger partial charge in [-0.25, -0.2) is 8.78 Å². The molecule has 4 rings (SSSR count). The Labute approximate surface area is 141 Å². The fourth-order valence-corrected chi connectivity index (χ4v) is 2.85.